The first kappa shape index (κ1) is 15.7. The van der Waals surface area contributed by atoms with Crippen molar-refractivity contribution in [2.45, 2.75) is 31.9 Å². The van der Waals surface area contributed by atoms with Gasteiger partial charge in [0.2, 0.25) is 0 Å². The van der Waals surface area contributed by atoms with Crippen molar-refractivity contribution < 1.29 is 13.9 Å². The number of rotatable bonds is 8. The predicted molar refractivity (Wildman–Crippen MR) is 77.5 cm³/mol. The molecule has 1 aliphatic heterocycles. The highest BCUT2D eigenvalue weighted by atomic mass is 35.5. The zero-order chi connectivity index (χ0) is 14.2. The summed E-state index contributed by atoms with van der Waals surface area (Å²) in [5.41, 5.74) is 0.595. The summed E-state index contributed by atoms with van der Waals surface area (Å²) >= 11 is 5.72. The molecule has 1 saturated heterocycles. The molecule has 112 valence electrons. The third-order valence-electron chi connectivity index (χ3n) is 3.32. The largest absolute Gasteiger partial charge is 0.379 e. The fourth-order valence-electron chi connectivity index (χ4n) is 2.20. The second kappa shape index (κ2) is 8.57. The third-order valence-corrected chi connectivity index (χ3v) is 3.61. The molecule has 1 heterocycles. The van der Waals surface area contributed by atoms with E-state index in [2.05, 4.69) is 5.32 Å². The lowest BCUT2D eigenvalue weighted by Gasteiger charge is -2.10. The Kier molecular flexibility index (Phi) is 6.73. The van der Waals surface area contributed by atoms with Crippen LogP contribution >= 0.6 is 11.6 Å². The van der Waals surface area contributed by atoms with Crippen molar-refractivity contribution in [2.75, 3.05) is 26.4 Å². The Hall–Kier alpha value is -0.680. The zero-order valence-electron chi connectivity index (χ0n) is 11.5. The van der Waals surface area contributed by atoms with Gasteiger partial charge in [0, 0.05) is 25.3 Å². The van der Waals surface area contributed by atoms with Crippen molar-refractivity contribution in [3.63, 3.8) is 0 Å². The average Bonchev–Trinajstić information content (AvgIpc) is 2.95. The molecule has 1 aromatic carbocycles. The van der Waals surface area contributed by atoms with E-state index in [0.29, 0.717) is 25.3 Å². The Balaban J connectivity index is 1.52. The Bertz CT molecular complexity index is 411. The summed E-state index contributed by atoms with van der Waals surface area (Å²) in [6.45, 7) is 3.52. The molecule has 0 aromatic heterocycles. The molecule has 1 aromatic rings. The monoisotopic (exact) mass is 301 g/mol. The van der Waals surface area contributed by atoms with Crippen LogP contribution in [0.4, 0.5) is 4.39 Å². The van der Waals surface area contributed by atoms with Gasteiger partial charge in [-0.25, -0.2) is 4.39 Å². The van der Waals surface area contributed by atoms with Crippen molar-refractivity contribution in [1.29, 1.82) is 0 Å². The number of nitrogens with one attached hydrogen (secondary N) is 1. The van der Waals surface area contributed by atoms with Gasteiger partial charge in [-0.2, -0.15) is 0 Å². The maximum atomic E-state index is 13.6. The molecule has 1 unspecified atom stereocenters. The smallest absolute Gasteiger partial charge is 0.146 e. The zero-order valence-corrected chi connectivity index (χ0v) is 12.3. The lowest BCUT2D eigenvalue weighted by molar-refractivity contribution is 0.0166. The molecule has 0 amide bonds. The summed E-state index contributed by atoms with van der Waals surface area (Å²) in [6, 6.07) is 5.05. The van der Waals surface area contributed by atoms with Crippen LogP contribution < -0.4 is 5.32 Å². The van der Waals surface area contributed by atoms with Crippen LogP contribution in [0.3, 0.4) is 0 Å². The normalized spacial score (nSPS) is 18.6. The van der Waals surface area contributed by atoms with Crippen LogP contribution in [0.15, 0.2) is 18.2 Å². The van der Waals surface area contributed by atoms with E-state index in [0.717, 1.165) is 32.4 Å². The predicted octanol–water partition coefficient (Wildman–Crippen LogP) is 3.15. The van der Waals surface area contributed by atoms with Gasteiger partial charge < -0.3 is 14.8 Å². The fraction of sp³-hybridized carbons (Fsp3) is 0.600. The van der Waals surface area contributed by atoms with Gasteiger partial charge in [-0.15, -0.1) is 0 Å². The molecule has 3 nitrogen and oxygen atoms in total. The maximum absolute atomic E-state index is 13.6. The van der Waals surface area contributed by atoms with Gasteiger partial charge in [-0.05, 0) is 31.9 Å². The van der Waals surface area contributed by atoms with Gasteiger partial charge in [-0.3, -0.25) is 0 Å². The van der Waals surface area contributed by atoms with E-state index < -0.39 is 0 Å². The minimum Gasteiger partial charge on any atom is -0.379 e. The van der Waals surface area contributed by atoms with Crippen molar-refractivity contribution >= 4 is 11.6 Å². The van der Waals surface area contributed by atoms with E-state index in [-0.39, 0.29) is 16.9 Å². The molecule has 20 heavy (non-hydrogen) atoms. The van der Waals surface area contributed by atoms with Gasteiger partial charge >= 0.3 is 0 Å². The lowest BCUT2D eigenvalue weighted by Crippen LogP contribution is -2.19. The van der Waals surface area contributed by atoms with Crippen LogP contribution in [0.2, 0.25) is 5.02 Å². The van der Waals surface area contributed by atoms with Crippen molar-refractivity contribution in [2.24, 2.45) is 0 Å². The van der Waals surface area contributed by atoms with E-state index in [4.69, 9.17) is 21.1 Å². The molecule has 0 spiro atoms. The highest BCUT2D eigenvalue weighted by Gasteiger charge is 2.14. The minimum absolute atomic E-state index is 0.171. The number of benzene rings is 1. The summed E-state index contributed by atoms with van der Waals surface area (Å²) < 4.78 is 24.6. The molecule has 1 N–H and O–H groups in total. The van der Waals surface area contributed by atoms with Crippen LogP contribution in [0.5, 0.6) is 0 Å². The number of ether oxygens (including phenoxy) is 2. The highest BCUT2D eigenvalue weighted by Crippen LogP contribution is 2.17. The van der Waals surface area contributed by atoms with Crippen LogP contribution in [0.1, 0.15) is 24.8 Å². The van der Waals surface area contributed by atoms with Crippen LogP contribution in [-0.2, 0) is 16.0 Å². The van der Waals surface area contributed by atoms with E-state index >= 15 is 0 Å². The minimum atomic E-state index is -0.337. The van der Waals surface area contributed by atoms with E-state index in [9.17, 15) is 4.39 Å². The van der Waals surface area contributed by atoms with Crippen LogP contribution in [0, 0.1) is 5.82 Å². The van der Waals surface area contributed by atoms with E-state index in [1.807, 2.05) is 0 Å². The molecule has 5 heteroatoms. The first-order valence-corrected chi connectivity index (χ1v) is 7.48. The highest BCUT2D eigenvalue weighted by molar-refractivity contribution is 6.30. The molecule has 0 aliphatic carbocycles. The maximum Gasteiger partial charge on any atom is 0.146 e. The number of hydrogen-bond donors (Lipinski definition) is 1. The fourth-order valence-corrected chi connectivity index (χ4v) is 2.39. The lowest BCUT2D eigenvalue weighted by atomic mass is 10.2. The molecular formula is C15H21ClFNO2. The van der Waals surface area contributed by atoms with E-state index in [1.54, 1.807) is 18.2 Å². The SMILES string of the molecule is Fc1c(Cl)cccc1CNCCCOCC1CCCO1. The molecule has 2 rings (SSSR count). The van der Waals surface area contributed by atoms with Crippen molar-refractivity contribution in [3.05, 3.63) is 34.6 Å². The summed E-state index contributed by atoms with van der Waals surface area (Å²) in [7, 11) is 0. The Morgan fingerprint density at radius 3 is 3.15 bits per heavy atom. The quantitative estimate of drug-likeness (QED) is 0.748. The summed E-state index contributed by atoms with van der Waals surface area (Å²) in [5, 5.41) is 3.36. The average molecular weight is 302 g/mol. The van der Waals surface area contributed by atoms with Crippen LogP contribution in [0.25, 0.3) is 0 Å². The van der Waals surface area contributed by atoms with Gasteiger partial charge in [0.25, 0.3) is 0 Å². The summed E-state index contributed by atoms with van der Waals surface area (Å²) in [4.78, 5) is 0. The topological polar surface area (TPSA) is 30.5 Å². The Labute approximate surface area is 124 Å². The molecule has 1 fully saturated rings. The molecule has 1 aliphatic rings. The van der Waals surface area contributed by atoms with Gasteiger partial charge in [-0.1, -0.05) is 23.7 Å². The number of hydrogen-bond acceptors (Lipinski definition) is 3. The molecule has 0 bridgehead atoms. The molecule has 0 radical (unpaired) electrons. The standard InChI is InChI=1S/C15H21ClFNO2/c16-14-6-1-4-12(15(14)17)10-18-7-3-8-19-11-13-5-2-9-20-13/h1,4,6,13,18H,2-3,5,7-11H2. The molecule has 1 atom stereocenters. The first-order valence-electron chi connectivity index (χ1n) is 7.10. The van der Waals surface area contributed by atoms with Crippen molar-refractivity contribution in [1.82, 2.24) is 5.32 Å². The second-order valence-corrected chi connectivity index (χ2v) is 5.36. The summed E-state index contributed by atoms with van der Waals surface area (Å²) in [5.74, 6) is -0.337. The van der Waals surface area contributed by atoms with Crippen LogP contribution in [-0.4, -0.2) is 32.5 Å². The molecule has 0 saturated carbocycles. The van der Waals surface area contributed by atoms with E-state index in [1.165, 1.54) is 0 Å². The van der Waals surface area contributed by atoms with Gasteiger partial charge in [0.15, 0.2) is 0 Å². The first-order chi connectivity index (χ1) is 9.77. The second-order valence-electron chi connectivity index (χ2n) is 4.95. The van der Waals surface area contributed by atoms with Crippen molar-refractivity contribution in [3.8, 4) is 0 Å². The van der Waals surface area contributed by atoms with Gasteiger partial charge in [0.1, 0.15) is 5.82 Å². The number of halogens is 2. The summed E-state index contributed by atoms with van der Waals surface area (Å²) in [6.07, 6.45) is 3.42. The molecular weight excluding hydrogens is 281 g/mol. The Morgan fingerprint density at radius 2 is 2.35 bits per heavy atom. The Morgan fingerprint density at radius 1 is 1.45 bits per heavy atom. The van der Waals surface area contributed by atoms with Gasteiger partial charge in [0.05, 0.1) is 17.7 Å². The third kappa shape index (κ3) is 5.02.